The normalized spacial score (nSPS) is 11.9. The van der Waals surface area contributed by atoms with Gasteiger partial charge in [-0.3, -0.25) is 0 Å². The van der Waals surface area contributed by atoms with E-state index >= 15 is 0 Å². The van der Waals surface area contributed by atoms with E-state index in [0.29, 0.717) is 0 Å². The smallest absolute Gasteiger partial charge is 0.278 e. The van der Waals surface area contributed by atoms with Crippen LogP contribution in [-0.2, 0) is 9.05 Å². The zero-order valence-electron chi connectivity index (χ0n) is 7.75. The Hall–Kier alpha value is -0.660. The monoisotopic (exact) mass is 291 g/mol. The summed E-state index contributed by atoms with van der Waals surface area (Å²) in [6.45, 7) is 0. The van der Waals surface area contributed by atoms with Gasteiger partial charge in [0.05, 0.1) is 17.7 Å². The van der Waals surface area contributed by atoms with Crippen molar-refractivity contribution in [3.8, 4) is 5.88 Å². The van der Waals surface area contributed by atoms with E-state index in [1.807, 2.05) is 0 Å². The fourth-order valence-corrected chi connectivity index (χ4v) is 1.98. The van der Waals surface area contributed by atoms with Gasteiger partial charge < -0.3 is 4.74 Å². The summed E-state index contributed by atoms with van der Waals surface area (Å²) in [5, 5.41) is -1.11. The number of pyridine rings is 1. The van der Waals surface area contributed by atoms with Gasteiger partial charge in [-0.2, -0.15) is 4.98 Å². The van der Waals surface area contributed by atoms with Gasteiger partial charge in [0, 0.05) is 10.7 Å². The molecule has 0 amide bonds. The number of ether oxygens (including phenoxy) is 1. The van der Waals surface area contributed by atoms with Gasteiger partial charge in [-0.1, -0.05) is 11.6 Å². The molecule has 0 unspecified atom stereocenters. The Labute approximate surface area is 99.6 Å². The first kappa shape index (κ1) is 13.4. The fourth-order valence-electron chi connectivity index (χ4n) is 0.959. The molecule has 0 spiro atoms. The molecule has 0 saturated carbocycles. The summed E-state index contributed by atoms with van der Waals surface area (Å²) in [6, 6.07) is 0.744. The van der Waals surface area contributed by atoms with Gasteiger partial charge >= 0.3 is 0 Å². The minimum Gasteiger partial charge on any atom is -0.481 e. The quantitative estimate of drug-likeness (QED) is 0.803. The van der Waals surface area contributed by atoms with Crippen LogP contribution in [-0.4, -0.2) is 20.5 Å². The SMILES string of the molecule is COc1nc(S(=O)(=O)Cl)cc(Cl)c1C(F)F. The van der Waals surface area contributed by atoms with Crippen LogP contribution in [0.1, 0.15) is 12.0 Å². The first-order valence-corrected chi connectivity index (χ1v) is 6.43. The van der Waals surface area contributed by atoms with Gasteiger partial charge in [-0.15, -0.1) is 0 Å². The third-order valence-electron chi connectivity index (χ3n) is 1.61. The molecule has 0 aliphatic rings. The highest BCUT2D eigenvalue weighted by Crippen LogP contribution is 2.35. The van der Waals surface area contributed by atoms with Crippen molar-refractivity contribution in [3.63, 3.8) is 0 Å². The Balaban J connectivity index is 3.50. The molecule has 0 bridgehead atoms. The highest BCUT2D eigenvalue weighted by Gasteiger charge is 2.24. The Morgan fingerprint density at radius 1 is 1.50 bits per heavy atom. The van der Waals surface area contributed by atoms with Crippen molar-refractivity contribution >= 4 is 31.3 Å². The maximum absolute atomic E-state index is 12.5. The molecule has 0 N–H and O–H groups in total. The van der Waals surface area contributed by atoms with E-state index in [2.05, 4.69) is 9.72 Å². The van der Waals surface area contributed by atoms with E-state index in [1.165, 1.54) is 0 Å². The second kappa shape index (κ2) is 4.68. The van der Waals surface area contributed by atoms with Gasteiger partial charge in [0.25, 0.3) is 15.5 Å². The van der Waals surface area contributed by atoms with Crippen molar-refractivity contribution in [1.29, 1.82) is 0 Å². The summed E-state index contributed by atoms with van der Waals surface area (Å²) in [4.78, 5) is 3.34. The molecule has 9 heteroatoms. The number of alkyl halides is 2. The molecule has 0 aliphatic heterocycles. The molecule has 1 heterocycles. The van der Waals surface area contributed by atoms with Gasteiger partial charge in [0.1, 0.15) is 0 Å². The molecule has 0 saturated heterocycles. The van der Waals surface area contributed by atoms with Crippen LogP contribution in [0.25, 0.3) is 0 Å². The van der Waals surface area contributed by atoms with Crippen LogP contribution in [0.2, 0.25) is 5.02 Å². The third kappa shape index (κ3) is 2.72. The molecule has 4 nitrogen and oxygen atoms in total. The average Bonchev–Trinajstić information content (AvgIpc) is 2.14. The number of hydrogen-bond acceptors (Lipinski definition) is 4. The highest BCUT2D eigenvalue weighted by atomic mass is 35.7. The van der Waals surface area contributed by atoms with Crippen LogP contribution in [0.3, 0.4) is 0 Å². The number of halogens is 4. The number of aromatic nitrogens is 1. The summed E-state index contributed by atoms with van der Waals surface area (Å²) in [5.74, 6) is -0.568. The van der Waals surface area contributed by atoms with Crippen LogP contribution >= 0.6 is 22.3 Å². The van der Waals surface area contributed by atoms with Crippen LogP contribution in [0.4, 0.5) is 8.78 Å². The van der Waals surface area contributed by atoms with Crippen molar-refractivity contribution in [2.24, 2.45) is 0 Å². The first-order chi connectivity index (χ1) is 7.27. The Bertz CT molecular complexity index is 507. The minimum absolute atomic E-state index is 0.471. The number of methoxy groups -OCH3 is 1. The number of nitrogens with zero attached hydrogens (tertiary/aromatic N) is 1. The molecule has 0 atom stereocenters. The second-order valence-electron chi connectivity index (χ2n) is 2.60. The van der Waals surface area contributed by atoms with Gasteiger partial charge in [-0.25, -0.2) is 17.2 Å². The Morgan fingerprint density at radius 2 is 2.06 bits per heavy atom. The number of hydrogen-bond donors (Lipinski definition) is 0. The van der Waals surface area contributed by atoms with Gasteiger partial charge in [0.2, 0.25) is 5.88 Å². The standard InChI is InChI=1S/C7H5Cl2F2NO3S/c1-15-7-5(6(10)11)3(8)2-4(12-7)16(9,13)14/h2,6H,1H3. The zero-order chi connectivity index (χ0) is 12.5. The molecule has 0 radical (unpaired) electrons. The molecule has 1 aromatic heterocycles. The lowest BCUT2D eigenvalue weighted by molar-refractivity contribution is 0.146. The highest BCUT2D eigenvalue weighted by molar-refractivity contribution is 8.13. The third-order valence-corrected chi connectivity index (χ3v) is 3.11. The zero-order valence-corrected chi connectivity index (χ0v) is 10.1. The van der Waals surface area contributed by atoms with Crippen molar-refractivity contribution in [3.05, 3.63) is 16.7 Å². The predicted octanol–water partition coefficient (Wildman–Crippen LogP) is 2.61. The maximum atomic E-state index is 12.5. The predicted molar refractivity (Wildman–Crippen MR) is 53.8 cm³/mol. The molecular formula is C7H5Cl2F2NO3S. The minimum atomic E-state index is -4.15. The topological polar surface area (TPSA) is 56.3 Å². The fraction of sp³-hybridized carbons (Fsp3) is 0.286. The van der Waals surface area contributed by atoms with E-state index < -0.39 is 37.0 Å². The summed E-state index contributed by atoms with van der Waals surface area (Å²) >= 11 is 5.49. The first-order valence-electron chi connectivity index (χ1n) is 3.74. The molecule has 0 fully saturated rings. The molecule has 1 aromatic rings. The molecular weight excluding hydrogens is 287 g/mol. The maximum Gasteiger partial charge on any atom is 0.278 e. The Kier molecular flexibility index (Phi) is 3.92. The molecule has 0 aliphatic carbocycles. The summed E-state index contributed by atoms with van der Waals surface area (Å²) in [7, 11) is 1.92. The van der Waals surface area contributed by atoms with Crippen LogP contribution in [0.5, 0.6) is 5.88 Å². The van der Waals surface area contributed by atoms with Crippen molar-refractivity contribution in [1.82, 2.24) is 4.98 Å². The van der Waals surface area contributed by atoms with E-state index in [-0.39, 0.29) is 0 Å². The summed E-state index contributed by atoms with van der Waals surface area (Å²) in [5.41, 5.74) is -0.673. The van der Waals surface area contributed by atoms with Gasteiger partial charge in [-0.05, 0) is 6.07 Å². The molecule has 1 rings (SSSR count). The lowest BCUT2D eigenvalue weighted by Crippen LogP contribution is -2.02. The molecule has 90 valence electrons. The van der Waals surface area contributed by atoms with Gasteiger partial charge in [0.15, 0.2) is 5.03 Å². The average molecular weight is 292 g/mol. The van der Waals surface area contributed by atoms with E-state index in [1.54, 1.807) is 0 Å². The van der Waals surface area contributed by atoms with Crippen molar-refractivity contribution in [2.75, 3.05) is 7.11 Å². The van der Waals surface area contributed by atoms with E-state index in [4.69, 9.17) is 22.3 Å². The summed E-state index contributed by atoms with van der Waals surface area (Å²) in [6.07, 6.45) is -2.93. The largest absolute Gasteiger partial charge is 0.481 e. The number of rotatable bonds is 3. The van der Waals surface area contributed by atoms with E-state index in [0.717, 1.165) is 13.2 Å². The van der Waals surface area contributed by atoms with E-state index in [9.17, 15) is 17.2 Å². The summed E-state index contributed by atoms with van der Waals surface area (Å²) < 4.78 is 51.4. The van der Waals surface area contributed by atoms with Crippen LogP contribution < -0.4 is 4.74 Å². The van der Waals surface area contributed by atoms with Crippen LogP contribution in [0, 0.1) is 0 Å². The molecule has 16 heavy (non-hydrogen) atoms. The lowest BCUT2D eigenvalue weighted by atomic mass is 10.3. The Morgan fingerprint density at radius 3 is 2.44 bits per heavy atom. The van der Waals surface area contributed by atoms with Crippen molar-refractivity contribution in [2.45, 2.75) is 11.5 Å². The molecule has 0 aromatic carbocycles. The van der Waals surface area contributed by atoms with Crippen molar-refractivity contribution < 1.29 is 21.9 Å². The lowest BCUT2D eigenvalue weighted by Gasteiger charge is -2.09. The second-order valence-corrected chi connectivity index (χ2v) is 5.52. The van der Waals surface area contributed by atoms with Crippen LogP contribution in [0.15, 0.2) is 11.1 Å².